The van der Waals surface area contributed by atoms with Crippen LogP contribution in [0.25, 0.3) is 17.2 Å². The average Bonchev–Trinajstić information content (AvgIpc) is 3.03. The Bertz CT molecular complexity index is 1140. The van der Waals surface area contributed by atoms with E-state index < -0.39 is 11.9 Å². The Morgan fingerprint density at radius 1 is 1.13 bits per heavy atom. The van der Waals surface area contributed by atoms with Crippen molar-refractivity contribution in [3.05, 3.63) is 80.4 Å². The number of thiophene rings is 1. The fourth-order valence-electron chi connectivity index (χ4n) is 2.85. The van der Waals surface area contributed by atoms with Crippen LogP contribution in [0, 0.1) is 12.7 Å². The van der Waals surface area contributed by atoms with E-state index in [0.29, 0.717) is 31.7 Å². The maximum absolute atomic E-state index is 13.3. The second-order valence-corrected chi connectivity index (χ2v) is 8.29. The standard InChI is InChI=1S/C22H16Cl2FNO3S/c1-12-19(14-4-8-16(25)9-5-14)20(22(28)29-2)21(30-12)26-18(27)10-6-13-3-7-15(23)11-17(13)24/h3-11H,1-2H3,(H,26,27)/b10-6+. The van der Waals surface area contributed by atoms with E-state index in [0.717, 1.165) is 4.88 Å². The number of benzene rings is 2. The molecule has 0 aliphatic heterocycles. The third kappa shape index (κ3) is 4.90. The summed E-state index contributed by atoms with van der Waals surface area (Å²) in [5, 5.41) is 3.96. The van der Waals surface area contributed by atoms with Crippen molar-refractivity contribution in [1.82, 2.24) is 0 Å². The highest BCUT2D eigenvalue weighted by Gasteiger charge is 2.24. The average molecular weight is 464 g/mol. The molecule has 3 rings (SSSR count). The monoisotopic (exact) mass is 463 g/mol. The first-order valence-electron chi connectivity index (χ1n) is 8.72. The largest absolute Gasteiger partial charge is 0.465 e. The summed E-state index contributed by atoms with van der Waals surface area (Å²) < 4.78 is 18.2. The first-order valence-corrected chi connectivity index (χ1v) is 10.3. The number of carbonyl (C=O) groups is 2. The van der Waals surface area contributed by atoms with Crippen LogP contribution in [0.1, 0.15) is 20.8 Å². The zero-order chi connectivity index (χ0) is 21.8. The van der Waals surface area contributed by atoms with E-state index in [9.17, 15) is 14.0 Å². The minimum atomic E-state index is -0.598. The Balaban J connectivity index is 1.92. The first-order chi connectivity index (χ1) is 14.3. The molecule has 2 aromatic carbocycles. The number of methoxy groups -OCH3 is 1. The molecular weight excluding hydrogens is 448 g/mol. The quantitative estimate of drug-likeness (QED) is 0.342. The van der Waals surface area contributed by atoms with Gasteiger partial charge in [0.25, 0.3) is 0 Å². The zero-order valence-electron chi connectivity index (χ0n) is 16.0. The number of nitrogens with one attached hydrogen (secondary N) is 1. The minimum Gasteiger partial charge on any atom is -0.465 e. The summed E-state index contributed by atoms with van der Waals surface area (Å²) >= 11 is 13.2. The van der Waals surface area contributed by atoms with Crippen LogP contribution in [0.15, 0.2) is 48.5 Å². The van der Waals surface area contributed by atoms with E-state index in [2.05, 4.69) is 5.32 Å². The molecule has 0 atom stereocenters. The smallest absolute Gasteiger partial charge is 0.341 e. The predicted molar refractivity (Wildman–Crippen MR) is 120 cm³/mol. The van der Waals surface area contributed by atoms with Gasteiger partial charge < -0.3 is 10.1 Å². The highest BCUT2D eigenvalue weighted by Crippen LogP contribution is 2.40. The number of amides is 1. The number of carbonyl (C=O) groups excluding carboxylic acids is 2. The maximum Gasteiger partial charge on any atom is 0.341 e. The topological polar surface area (TPSA) is 55.4 Å². The lowest BCUT2D eigenvalue weighted by Crippen LogP contribution is -2.11. The van der Waals surface area contributed by atoms with Crippen LogP contribution in [-0.4, -0.2) is 19.0 Å². The molecule has 1 N–H and O–H groups in total. The molecule has 4 nitrogen and oxygen atoms in total. The van der Waals surface area contributed by atoms with Crippen LogP contribution in [0.2, 0.25) is 10.0 Å². The van der Waals surface area contributed by atoms with Crippen molar-refractivity contribution in [2.24, 2.45) is 0 Å². The highest BCUT2D eigenvalue weighted by atomic mass is 35.5. The molecule has 0 spiro atoms. The van der Waals surface area contributed by atoms with E-state index in [1.54, 1.807) is 36.4 Å². The molecule has 0 aliphatic carbocycles. The van der Waals surface area contributed by atoms with Gasteiger partial charge in [-0.1, -0.05) is 41.4 Å². The molecule has 30 heavy (non-hydrogen) atoms. The Hall–Kier alpha value is -2.67. The van der Waals surface area contributed by atoms with Crippen LogP contribution in [0.3, 0.4) is 0 Å². The summed E-state index contributed by atoms with van der Waals surface area (Å²) in [4.78, 5) is 25.7. The fourth-order valence-corrected chi connectivity index (χ4v) is 4.39. The minimum absolute atomic E-state index is 0.220. The molecule has 0 aliphatic rings. The van der Waals surface area contributed by atoms with Crippen molar-refractivity contribution >= 4 is 57.5 Å². The van der Waals surface area contributed by atoms with Crippen molar-refractivity contribution in [1.29, 1.82) is 0 Å². The van der Waals surface area contributed by atoms with Gasteiger partial charge in [-0.05, 0) is 48.4 Å². The number of rotatable bonds is 5. The van der Waals surface area contributed by atoms with Crippen LogP contribution in [0.4, 0.5) is 9.39 Å². The van der Waals surface area contributed by atoms with Crippen molar-refractivity contribution < 1.29 is 18.7 Å². The Morgan fingerprint density at radius 2 is 1.83 bits per heavy atom. The predicted octanol–water partition coefficient (Wildman–Crippen LogP) is 6.61. The molecule has 8 heteroatoms. The van der Waals surface area contributed by atoms with Gasteiger partial charge in [-0.15, -0.1) is 11.3 Å². The lowest BCUT2D eigenvalue weighted by molar-refractivity contribution is -0.111. The Labute approximate surface area is 186 Å². The SMILES string of the molecule is COC(=O)c1c(NC(=O)/C=C/c2ccc(Cl)cc2Cl)sc(C)c1-c1ccc(F)cc1. The van der Waals surface area contributed by atoms with Crippen molar-refractivity contribution in [2.45, 2.75) is 6.92 Å². The third-order valence-electron chi connectivity index (χ3n) is 4.22. The molecule has 1 amide bonds. The van der Waals surface area contributed by atoms with Gasteiger partial charge >= 0.3 is 5.97 Å². The Kier molecular flexibility index (Phi) is 6.92. The number of esters is 1. The highest BCUT2D eigenvalue weighted by molar-refractivity contribution is 7.17. The van der Waals surface area contributed by atoms with Crippen LogP contribution in [-0.2, 0) is 9.53 Å². The third-order valence-corrected chi connectivity index (χ3v) is 5.80. The summed E-state index contributed by atoms with van der Waals surface area (Å²) in [7, 11) is 1.26. The maximum atomic E-state index is 13.3. The van der Waals surface area contributed by atoms with Gasteiger partial charge in [0.2, 0.25) is 5.91 Å². The number of anilines is 1. The van der Waals surface area contributed by atoms with Gasteiger partial charge in [0.05, 0.1) is 7.11 Å². The zero-order valence-corrected chi connectivity index (χ0v) is 18.3. The Morgan fingerprint density at radius 3 is 2.47 bits per heavy atom. The molecule has 0 bridgehead atoms. The van der Waals surface area contributed by atoms with Gasteiger partial charge in [-0.3, -0.25) is 4.79 Å². The molecule has 154 valence electrons. The number of aryl methyl sites for hydroxylation is 1. The second kappa shape index (κ2) is 9.43. The molecule has 1 heterocycles. The normalized spacial score (nSPS) is 11.0. The number of hydrogen-bond acceptors (Lipinski definition) is 4. The van der Waals surface area contributed by atoms with Crippen LogP contribution in [0.5, 0.6) is 0 Å². The molecule has 0 radical (unpaired) electrons. The summed E-state index contributed by atoms with van der Waals surface area (Å²) in [6.07, 6.45) is 2.86. The molecule has 0 saturated heterocycles. The van der Waals surface area contributed by atoms with E-state index in [4.69, 9.17) is 27.9 Å². The summed E-state index contributed by atoms with van der Waals surface area (Å²) in [6, 6.07) is 10.7. The van der Waals surface area contributed by atoms with E-state index in [-0.39, 0.29) is 11.4 Å². The fraction of sp³-hybridized carbons (Fsp3) is 0.0909. The van der Waals surface area contributed by atoms with Crippen molar-refractivity contribution in [3.63, 3.8) is 0 Å². The van der Waals surface area contributed by atoms with Crippen molar-refractivity contribution in [3.8, 4) is 11.1 Å². The number of halogens is 3. The summed E-state index contributed by atoms with van der Waals surface area (Å²) in [5.74, 6) is -1.43. The molecule has 0 unspecified atom stereocenters. The lowest BCUT2D eigenvalue weighted by Gasteiger charge is -2.07. The molecule has 0 saturated carbocycles. The molecule has 0 fully saturated rings. The summed E-state index contributed by atoms with van der Waals surface area (Å²) in [5.41, 5.74) is 2.08. The van der Waals surface area contributed by atoms with Crippen LogP contribution < -0.4 is 5.32 Å². The van der Waals surface area contributed by atoms with Gasteiger partial charge in [-0.2, -0.15) is 0 Å². The molecular formula is C22H16Cl2FNO3S. The van der Waals surface area contributed by atoms with E-state index in [1.807, 2.05) is 6.92 Å². The van der Waals surface area contributed by atoms with Gasteiger partial charge in [0, 0.05) is 26.6 Å². The summed E-state index contributed by atoms with van der Waals surface area (Å²) in [6.45, 7) is 1.81. The van der Waals surface area contributed by atoms with Gasteiger partial charge in [0.1, 0.15) is 16.4 Å². The van der Waals surface area contributed by atoms with Crippen LogP contribution >= 0.6 is 34.5 Å². The van der Waals surface area contributed by atoms with Gasteiger partial charge in [0.15, 0.2) is 0 Å². The molecule has 3 aromatic rings. The van der Waals surface area contributed by atoms with Crippen molar-refractivity contribution in [2.75, 3.05) is 12.4 Å². The number of hydrogen-bond donors (Lipinski definition) is 1. The second-order valence-electron chi connectivity index (χ2n) is 6.22. The molecule has 1 aromatic heterocycles. The first kappa shape index (κ1) is 22.0. The van der Waals surface area contributed by atoms with E-state index >= 15 is 0 Å². The lowest BCUT2D eigenvalue weighted by atomic mass is 10.0. The van der Waals surface area contributed by atoms with E-state index in [1.165, 1.54) is 36.7 Å². The number of ether oxygens (including phenoxy) is 1. The van der Waals surface area contributed by atoms with Gasteiger partial charge in [-0.25, -0.2) is 9.18 Å².